The maximum Gasteiger partial charge on any atom is 0.178 e. The molecule has 8 atom stereocenters. The van der Waals surface area contributed by atoms with Crippen molar-refractivity contribution in [3.05, 3.63) is 11.6 Å². The Bertz CT molecular complexity index is 1030. The van der Waals surface area contributed by atoms with Crippen LogP contribution in [0.2, 0.25) is 0 Å². The second-order valence-electron chi connectivity index (χ2n) is 15.3. The molecular weight excluding hydrogens is 418 g/mol. The largest absolute Gasteiger partial charge is 0.299 e. The van der Waals surface area contributed by atoms with E-state index in [9.17, 15) is 14.9 Å². The minimum absolute atomic E-state index is 0.00910. The summed E-state index contributed by atoms with van der Waals surface area (Å²) in [5.41, 5.74) is 0.0617. The van der Waals surface area contributed by atoms with E-state index in [4.69, 9.17) is 0 Å². The maximum atomic E-state index is 14.3. The van der Waals surface area contributed by atoms with Crippen molar-refractivity contribution in [2.75, 3.05) is 0 Å². The van der Waals surface area contributed by atoms with Gasteiger partial charge in [0, 0.05) is 17.8 Å². The molecule has 186 valence electrons. The highest BCUT2D eigenvalue weighted by Gasteiger charge is 2.71. The van der Waals surface area contributed by atoms with Gasteiger partial charge in [-0.25, -0.2) is 0 Å². The van der Waals surface area contributed by atoms with Crippen LogP contribution in [0.4, 0.5) is 0 Å². The Kier molecular flexibility index (Phi) is 4.90. The molecule has 0 bridgehead atoms. The average Bonchev–Trinajstić information content (AvgIpc) is 2.74. The molecule has 5 rings (SSSR count). The smallest absolute Gasteiger partial charge is 0.178 e. The Balaban J connectivity index is 1.63. The topological polar surface area (TPSA) is 57.9 Å². The van der Waals surface area contributed by atoms with Gasteiger partial charge in [-0.2, -0.15) is 5.26 Å². The van der Waals surface area contributed by atoms with Gasteiger partial charge >= 0.3 is 0 Å². The van der Waals surface area contributed by atoms with Crippen LogP contribution < -0.4 is 0 Å². The standard InChI is InChI=1S/C31H45NO2/c1-26(2)11-12-28(5)13-14-31(8)24(20(28)17-26)21(33)15-23-29(6)16-19(18-32)25(34)27(3,4)22(29)9-10-30(23,31)7/h16,20,22-24H,9-15,17H2,1-8H3/t20-,22-,23+,24-,28+,29-,30+,31+/m0/s1. The average molecular weight is 464 g/mol. The van der Waals surface area contributed by atoms with E-state index in [1.54, 1.807) is 0 Å². The van der Waals surface area contributed by atoms with Crippen molar-refractivity contribution in [1.29, 1.82) is 5.26 Å². The van der Waals surface area contributed by atoms with Gasteiger partial charge in [-0.15, -0.1) is 0 Å². The molecule has 0 aromatic carbocycles. The van der Waals surface area contributed by atoms with Gasteiger partial charge in [0.25, 0.3) is 0 Å². The highest BCUT2D eigenvalue weighted by molar-refractivity contribution is 6.04. The molecule has 0 N–H and O–H groups in total. The van der Waals surface area contributed by atoms with Crippen molar-refractivity contribution in [1.82, 2.24) is 0 Å². The number of nitriles is 1. The number of hydrogen-bond donors (Lipinski definition) is 0. The summed E-state index contributed by atoms with van der Waals surface area (Å²) in [6.45, 7) is 18.6. The van der Waals surface area contributed by atoms with E-state index in [1.165, 1.54) is 19.3 Å². The molecule has 5 aliphatic carbocycles. The molecule has 0 heterocycles. The van der Waals surface area contributed by atoms with E-state index in [2.05, 4.69) is 47.6 Å². The lowest BCUT2D eigenvalue weighted by atomic mass is 9.32. The summed E-state index contributed by atoms with van der Waals surface area (Å²) in [5, 5.41) is 9.85. The van der Waals surface area contributed by atoms with Crippen molar-refractivity contribution in [3.63, 3.8) is 0 Å². The van der Waals surface area contributed by atoms with E-state index in [-0.39, 0.29) is 45.2 Å². The molecule has 4 saturated carbocycles. The molecule has 4 fully saturated rings. The van der Waals surface area contributed by atoms with Crippen LogP contribution in [0.25, 0.3) is 0 Å². The van der Waals surface area contributed by atoms with E-state index in [0.717, 1.165) is 25.7 Å². The molecule has 0 radical (unpaired) electrons. The first-order chi connectivity index (χ1) is 15.6. The molecule has 0 aromatic heterocycles. The van der Waals surface area contributed by atoms with Crippen LogP contribution in [-0.4, -0.2) is 11.6 Å². The zero-order valence-electron chi connectivity index (χ0n) is 22.8. The highest BCUT2D eigenvalue weighted by atomic mass is 16.1. The van der Waals surface area contributed by atoms with Crippen molar-refractivity contribution in [2.24, 2.45) is 56.2 Å². The second-order valence-corrected chi connectivity index (χ2v) is 15.3. The van der Waals surface area contributed by atoms with Gasteiger partial charge in [0.15, 0.2) is 5.78 Å². The molecular formula is C31H45NO2. The number of rotatable bonds is 0. The van der Waals surface area contributed by atoms with Gasteiger partial charge in [-0.3, -0.25) is 9.59 Å². The Morgan fingerprint density at radius 3 is 2.15 bits per heavy atom. The molecule has 5 aliphatic rings. The zero-order valence-corrected chi connectivity index (χ0v) is 22.8. The summed E-state index contributed by atoms with van der Waals surface area (Å²) < 4.78 is 0. The van der Waals surface area contributed by atoms with Gasteiger partial charge in [-0.1, -0.05) is 61.5 Å². The Hall–Kier alpha value is -1.43. The summed E-state index contributed by atoms with van der Waals surface area (Å²) in [5.74, 6) is 1.44. The lowest BCUT2D eigenvalue weighted by Crippen LogP contribution is -2.68. The van der Waals surface area contributed by atoms with E-state index in [0.29, 0.717) is 29.1 Å². The quantitative estimate of drug-likeness (QED) is 0.378. The number of allylic oxidation sites excluding steroid dienone is 2. The third kappa shape index (κ3) is 2.81. The van der Waals surface area contributed by atoms with Gasteiger partial charge in [-0.05, 0) is 89.8 Å². The van der Waals surface area contributed by atoms with Crippen LogP contribution in [0.15, 0.2) is 11.6 Å². The highest BCUT2D eigenvalue weighted by Crippen LogP contribution is 2.75. The van der Waals surface area contributed by atoms with Crippen LogP contribution in [-0.2, 0) is 9.59 Å². The minimum Gasteiger partial charge on any atom is -0.299 e. The lowest BCUT2D eigenvalue weighted by Gasteiger charge is -2.71. The molecule has 3 heteroatoms. The van der Waals surface area contributed by atoms with Gasteiger partial charge < -0.3 is 0 Å². The fourth-order valence-corrected chi connectivity index (χ4v) is 10.6. The summed E-state index contributed by atoms with van der Waals surface area (Å²) in [6.07, 6.45) is 10.7. The predicted octanol–water partition coefficient (Wildman–Crippen LogP) is 7.31. The monoisotopic (exact) mass is 463 g/mol. The van der Waals surface area contributed by atoms with Crippen LogP contribution in [0.1, 0.15) is 107 Å². The number of ketones is 2. The van der Waals surface area contributed by atoms with E-state index >= 15 is 0 Å². The fourth-order valence-electron chi connectivity index (χ4n) is 10.6. The van der Waals surface area contributed by atoms with Crippen molar-refractivity contribution in [2.45, 2.75) is 107 Å². The van der Waals surface area contributed by atoms with Crippen molar-refractivity contribution >= 4 is 11.6 Å². The van der Waals surface area contributed by atoms with Crippen LogP contribution in [0.3, 0.4) is 0 Å². The molecule has 0 saturated heterocycles. The van der Waals surface area contributed by atoms with Crippen LogP contribution in [0.5, 0.6) is 0 Å². The number of hydrogen-bond acceptors (Lipinski definition) is 3. The summed E-state index contributed by atoms with van der Waals surface area (Å²) in [6, 6.07) is 2.23. The number of carbonyl (C=O) groups is 2. The maximum absolute atomic E-state index is 14.3. The Labute approximate surface area is 207 Å². The Morgan fingerprint density at radius 2 is 1.50 bits per heavy atom. The van der Waals surface area contributed by atoms with Crippen LogP contribution >= 0.6 is 0 Å². The lowest BCUT2D eigenvalue weighted by molar-refractivity contribution is -0.220. The minimum atomic E-state index is -0.560. The molecule has 34 heavy (non-hydrogen) atoms. The van der Waals surface area contributed by atoms with Gasteiger partial charge in [0.05, 0.1) is 5.57 Å². The van der Waals surface area contributed by atoms with Crippen molar-refractivity contribution in [3.8, 4) is 6.07 Å². The first-order valence-corrected chi connectivity index (χ1v) is 13.8. The van der Waals surface area contributed by atoms with E-state index < -0.39 is 5.41 Å². The second kappa shape index (κ2) is 6.86. The van der Waals surface area contributed by atoms with Crippen LogP contribution in [0, 0.1) is 67.5 Å². The zero-order chi connectivity index (χ0) is 25.1. The number of fused-ring (bicyclic) bond motifs is 7. The first-order valence-electron chi connectivity index (χ1n) is 13.8. The van der Waals surface area contributed by atoms with E-state index in [1.807, 2.05) is 19.9 Å². The molecule has 0 unspecified atom stereocenters. The number of nitrogens with zero attached hydrogens (tertiary/aromatic N) is 1. The predicted molar refractivity (Wildman–Crippen MR) is 135 cm³/mol. The SMILES string of the molecule is CC1(C)CC[C@]2(C)CC[C@]3(C)[C@H](C(=O)C[C@@H]4[C@@]5(C)C=C(C#N)C(=O)C(C)(C)[C@@H]5CC[C@]43C)[C@@H]2C1. The number of Topliss-reactive ketones (excluding diaryl/α,β-unsaturated/α-hetero) is 2. The third-order valence-corrected chi connectivity index (χ3v) is 12.9. The molecule has 0 spiro atoms. The molecule has 0 amide bonds. The van der Waals surface area contributed by atoms with Gasteiger partial charge in [0.2, 0.25) is 0 Å². The first kappa shape index (κ1) is 24.3. The number of carbonyl (C=O) groups excluding carboxylic acids is 2. The van der Waals surface area contributed by atoms with Gasteiger partial charge in [0.1, 0.15) is 11.9 Å². The summed E-state index contributed by atoms with van der Waals surface area (Å²) in [7, 11) is 0. The summed E-state index contributed by atoms with van der Waals surface area (Å²) in [4.78, 5) is 27.4. The summed E-state index contributed by atoms with van der Waals surface area (Å²) >= 11 is 0. The third-order valence-electron chi connectivity index (χ3n) is 12.9. The molecule has 3 nitrogen and oxygen atoms in total. The normalized spacial score (nSPS) is 51.2. The molecule has 0 aliphatic heterocycles. The molecule has 0 aromatic rings. The fraction of sp³-hybridized carbons (Fsp3) is 0.839. The van der Waals surface area contributed by atoms with Crippen molar-refractivity contribution < 1.29 is 9.59 Å². The Morgan fingerprint density at radius 1 is 0.853 bits per heavy atom.